The minimum Gasteiger partial charge on any atom is -0.493 e. The molecule has 2 aromatic rings. The summed E-state index contributed by atoms with van der Waals surface area (Å²) in [5, 5.41) is 4.18. The largest absolute Gasteiger partial charge is 0.493 e. The first-order valence-corrected chi connectivity index (χ1v) is 8.55. The minimum atomic E-state index is 0.282. The van der Waals surface area contributed by atoms with Crippen LogP contribution in [-0.4, -0.2) is 34.5 Å². The summed E-state index contributed by atoms with van der Waals surface area (Å²) < 4.78 is 13.3. The Hall–Kier alpha value is -1.82. The first-order chi connectivity index (χ1) is 10.7. The molecule has 0 aliphatic carbocycles. The third kappa shape index (κ3) is 3.02. The monoisotopic (exact) mass is 319 g/mol. The number of ether oxygens (including phenoxy) is 2. The molecule has 0 spiro atoms. The second-order valence-electron chi connectivity index (χ2n) is 5.36. The van der Waals surface area contributed by atoms with E-state index in [1.54, 1.807) is 18.0 Å². The molecule has 6 heteroatoms. The summed E-state index contributed by atoms with van der Waals surface area (Å²) in [7, 11) is 3.49. The van der Waals surface area contributed by atoms with Crippen molar-refractivity contribution in [3.05, 3.63) is 24.4 Å². The Bertz CT molecular complexity index is 651. The molecule has 0 saturated carbocycles. The van der Waals surface area contributed by atoms with E-state index in [-0.39, 0.29) is 6.10 Å². The summed E-state index contributed by atoms with van der Waals surface area (Å²) in [5.74, 6) is 4.50. The van der Waals surface area contributed by atoms with Crippen molar-refractivity contribution in [1.29, 1.82) is 0 Å². The first kappa shape index (κ1) is 15.1. The minimum absolute atomic E-state index is 0.282. The second-order valence-corrected chi connectivity index (χ2v) is 6.59. The van der Waals surface area contributed by atoms with Gasteiger partial charge in [-0.1, -0.05) is 6.07 Å². The molecule has 0 radical (unpaired) electrons. The van der Waals surface area contributed by atoms with Gasteiger partial charge in [0.1, 0.15) is 11.9 Å². The number of anilines is 1. The fourth-order valence-corrected chi connectivity index (χ4v) is 3.64. The van der Waals surface area contributed by atoms with E-state index in [4.69, 9.17) is 15.2 Å². The Morgan fingerprint density at radius 2 is 2.05 bits per heavy atom. The lowest BCUT2D eigenvalue weighted by molar-refractivity contribution is 0.184. The highest BCUT2D eigenvalue weighted by molar-refractivity contribution is 7.99. The van der Waals surface area contributed by atoms with Crippen LogP contribution >= 0.6 is 11.8 Å². The van der Waals surface area contributed by atoms with E-state index in [9.17, 15) is 0 Å². The van der Waals surface area contributed by atoms with Crippen molar-refractivity contribution in [2.24, 2.45) is 7.05 Å². The molecule has 1 aromatic heterocycles. The van der Waals surface area contributed by atoms with Gasteiger partial charge < -0.3 is 15.2 Å². The molecule has 3 rings (SSSR count). The third-order valence-corrected chi connectivity index (χ3v) is 4.97. The molecule has 118 valence electrons. The molecule has 0 amide bonds. The number of rotatable bonds is 4. The second kappa shape index (κ2) is 6.52. The van der Waals surface area contributed by atoms with Crippen LogP contribution in [-0.2, 0) is 7.05 Å². The Morgan fingerprint density at radius 3 is 2.68 bits per heavy atom. The lowest BCUT2D eigenvalue weighted by atomic mass is 10.1. The van der Waals surface area contributed by atoms with Crippen molar-refractivity contribution in [3.8, 4) is 22.6 Å². The Morgan fingerprint density at radius 1 is 1.27 bits per heavy atom. The highest BCUT2D eigenvalue weighted by Gasteiger charge is 2.18. The van der Waals surface area contributed by atoms with Crippen LogP contribution in [0.1, 0.15) is 12.8 Å². The van der Waals surface area contributed by atoms with Gasteiger partial charge in [-0.3, -0.25) is 4.68 Å². The average molecular weight is 319 g/mol. The molecule has 1 aliphatic heterocycles. The standard InChI is InChI=1S/C16H21N3O2S/c1-19-16(17)13(10-18-19)11-3-4-14(15(9-11)20-2)21-12-5-7-22-8-6-12/h3-4,9-10,12H,5-8,17H2,1-2H3. The number of benzene rings is 1. The van der Waals surface area contributed by atoms with Gasteiger partial charge in [-0.25, -0.2) is 0 Å². The molecule has 2 N–H and O–H groups in total. The topological polar surface area (TPSA) is 62.3 Å². The Labute approximate surface area is 134 Å². The summed E-state index contributed by atoms with van der Waals surface area (Å²) in [6, 6.07) is 5.92. The van der Waals surface area contributed by atoms with E-state index in [0.717, 1.165) is 47.0 Å². The van der Waals surface area contributed by atoms with E-state index in [2.05, 4.69) is 5.10 Å². The molecule has 1 saturated heterocycles. The number of thioether (sulfide) groups is 1. The number of hydrogen-bond acceptors (Lipinski definition) is 5. The van der Waals surface area contributed by atoms with Gasteiger partial charge in [-0.05, 0) is 42.0 Å². The molecule has 1 aromatic carbocycles. The van der Waals surface area contributed by atoms with E-state index >= 15 is 0 Å². The van der Waals surface area contributed by atoms with Gasteiger partial charge in [0.05, 0.1) is 13.3 Å². The number of nitrogens with zero attached hydrogens (tertiary/aromatic N) is 2. The SMILES string of the molecule is COc1cc(-c2cnn(C)c2N)ccc1OC1CCSCC1. The molecule has 5 nitrogen and oxygen atoms in total. The van der Waals surface area contributed by atoms with Crippen LogP contribution in [0.3, 0.4) is 0 Å². The average Bonchev–Trinajstić information content (AvgIpc) is 2.88. The van der Waals surface area contributed by atoms with Crippen LogP contribution in [0.4, 0.5) is 5.82 Å². The number of nitrogens with two attached hydrogens (primary N) is 1. The number of nitrogen functional groups attached to an aromatic ring is 1. The number of aryl methyl sites for hydroxylation is 1. The maximum Gasteiger partial charge on any atom is 0.161 e. The normalized spacial score (nSPS) is 15.7. The molecular weight excluding hydrogens is 298 g/mol. The lowest BCUT2D eigenvalue weighted by Gasteiger charge is -2.24. The summed E-state index contributed by atoms with van der Waals surface area (Å²) in [4.78, 5) is 0. The Balaban J connectivity index is 1.85. The van der Waals surface area contributed by atoms with Gasteiger partial charge in [-0.15, -0.1) is 0 Å². The van der Waals surface area contributed by atoms with Gasteiger partial charge >= 0.3 is 0 Å². The van der Waals surface area contributed by atoms with Crippen molar-refractivity contribution in [3.63, 3.8) is 0 Å². The van der Waals surface area contributed by atoms with Crippen LogP contribution in [0.15, 0.2) is 24.4 Å². The Kier molecular flexibility index (Phi) is 4.47. The van der Waals surface area contributed by atoms with Crippen LogP contribution in [0.25, 0.3) is 11.1 Å². The van der Waals surface area contributed by atoms with Crippen molar-refractivity contribution in [2.75, 3.05) is 24.3 Å². The van der Waals surface area contributed by atoms with Gasteiger partial charge in [-0.2, -0.15) is 16.9 Å². The number of hydrogen-bond donors (Lipinski definition) is 1. The summed E-state index contributed by atoms with van der Waals surface area (Å²) in [6.07, 6.45) is 4.23. The van der Waals surface area contributed by atoms with Gasteiger partial charge in [0, 0.05) is 12.6 Å². The van der Waals surface area contributed by atoms with Crippen LogP contribution in [0.2, 0.25) is 0 Å². The zero-order chi connectivity index (χ0) is 15.5. The smallest absolute Gasteiger partial charge is 0.161 e. The third-order valence-electron chi connectivity index (χ3n) is 3.92. The fourth-order valence-electron chi connectivity index (χ4n) is 2.58. The molecule has 2 heterocycles. The molecule has 22 heavy (non-hydrogen) atoms. The zero-order valence-corrected chi connectivity index (χ0v) is 13.7. The number of methoxy groups -OCH3 is 1. The first-order valence-electron chi connectivity index (χ1n) is 7.39. The molecule has 0 atom stereocenters. The van der Waals surface area contributed by atoms with E-state index in [1.807, 2.05) is 37.0 Å². The maximum atomic E-state index is 6.11. The van der Waals surface area contributed by atoms with Gasteiger partial charge in [0.25, 0.3) is 0 Å². The highest BCUT2D eigenvalue weighted by Crippen LogP contribution is 2.36. The molecule has 0 unspecified atom stereocenters. The maximum absolute atomic E-state index is 6.11. The van der Waals surface area contributed by atoms with Crippen molar-refractivity contribution in [1.82, 2.24) is 9.78 Å². The van der Waals surface area contributed by atoms with Gasteiger partial charge in [0.2, 0.25) is 0 Å². The van der Waals surface area contributed by atoms with Crippen molar-refractivity contribution in [2.45, 2.75) is 18.9 Å². The van der Waals surface area contributed by atoms with Crippen molar-refractivity contribution < 1.29 is 9.47 Å². The van der Waals surface area contributed by atoms with E-state index in [1.165, 1.54) is 0 Å². The predicted octanol–water partition coefficient (Wildman–Crippen LogP) is 2.95. The summed E-state index contributed by atoms with van der Waals surface area (Å²) in [5.41, 5.74) is 7.92. The molecule has 1 aliphatic rings. The van der Waals surface area contributed by atoms with Crippen molar-refractivity contribution >= 4 is 17.6 Å². The quantitative estimate of drug-likeness (QED) is 0.939. The fraction of sp³-hybridized carbons (Fsp3) is 0.438. The van der Waals surface area contributed by atoms with Crippen LogP contribution in [0.5, 0.6) is 11.5 Å². The molecule has 1 fully saturated rings. The lowest BCUT2D eigenvalue weighted by Crippen LogP contribution is -2.22. The van der Waals surface area contributed by atoms with Crippen LogP contribution < -0.4 is 15.2 Å². The van der Waals surface area contributed by atoms with Gasteiger partial charge in [0.15, 0.2) is 11.5 Å². The summed E-state index contributed by atoms with van der Waals surface area (Å²) in [6.45, 7) is 0. The number of aromatic nitrogens is 2. The molecular formula is C16H21N3O2S. The van der Waals surface area contributed by atoms with E-state index in [0.29, 0.717) is 5.82 Å². The highest BCUT2D eigenvalue weighted by atomic mass is 32.2. The van der Waals surface area contributed by atoms with E-state index < -0.39 is 0 Å². The predicted molar refractivity (Wildman–Crippen MR) is 90.6 cm³/mol. The summed E-state index contributed by atoms with van der Waals surface area (Å²) >= 11 is 1.99. The molecule has 0 bridgehead atoms. The van der Waals surface area contributed by atoms with Crippen LogP contribution in [0, 0.1) is 0 Å². The zero-order valence-electron chi connectivity index (χ0n) is 12.9.